The molecular weight excluding hydrogens is 413 g/mol. The summed E-state index contributed by atoms with van der Waals surface area (Å²) in [7, 11) is 0. The summed E-state index contributed by atoms with van der Waals surface area (Å²) >= 11 is 0. The molecule has 0 saturated carbocycles. The standard InChI is InChI=1S/C18H23F7N2.ClH/c1-2-3-4-5-15(27-8-6-26-7-9-27)16-13(18(23,24)25)10-12(11-14(16)19)17(20,21)22;/h10-11,15,26H,2-9H2,1H3;1H/t15-;/m1./s1. The van der Waals surface area contributed by atoms with Gasteiger partial charge in [0.1, 0.15) is 5.82 Å². The van der Waals surface area contributed by atoms with Crippen molar-refractivity contribution in [2.75, 3.05) is 26.2 Å². The molecule has 2 nitrogen and oxygen atoms in total. The Morgan fingerprint density at radius 3 is 2.11 bits per heavy atom. The smallest absolute Gasteiger partial charge is 0.314 e. The number of alkyl halides is 6. The minimum absolute atomic E-state index is 0. The van der Waals surface area contributed by atoms with E-state index in [0.29, 0.717) is 32.6 Å². The van der Waals surface area contributed by atoms with Gasteiger partial charge >= 0.3 is 12.4 Å². The summed E-state index contributed by atoms with van der Waals surface area (Å²) in [5.74, 6) is -1.45. The molecule has 0 aromatic heterocycles. The van der Waals surface area contributed by atoms with Crippen LogP contribution in [-0.4, -0.2) is 31.1 Å². The van der Waals surface area contributed by atoms with Crippen LogP contribution in [-0.2, 0) is 12.4 Å². The maximum Gasteiger partial charge on any atom is 0.416 e. The summed E-state index contributed by atoms with van der Waals surface area (Å²) in [6, 6.07) is -0.690. The van der Waals surface area contributed by atoms with Gasteiger partial charge in [0.05, 0.1) is 11.1 Å². The van der Waals surface area contributed by atoms with Crippen LogP contribution in [0.2, 0.25) is 0 Å². The van der Waals surface area contributed by atoms with Crippen LogP contribution in [0.15, 0.2) is 12.1 Å². The molecule has 0 radical (unpaired) electrons. The summed E-state index contributed by atoms with van der Waals surface area (Å²) < 4.78 is 94.0. The number of hydrogen-bond acceptors (Lipinski definition) is 2. The number of piperazine rings is 1. The highest BCUT2D eigenvalue weighted by Crippen LogP contribution is 2.43. The van der Waals surface area contributed by atoms with E-state index >= 15 is 0 Å². The molecule has 1 aromatic rings. The molecule has 10 heteroatoms. The van der Waals surface area contributed by atoms with Crippen molar-refractivity contribution in [1.29, 1.82) is 0 Å². The number of rotatable bonds is 6. The first-order chi connectivity index (χ1) is 12.6. The van der Waals surface area contributed by atoms with Gasteiger partial charge in [0, 0.05) is 37.8 Å². The fraction of sp³-hybridized carbons (Fsp3) is 0.667. The van der Waals surface area contributed by atoms with Crippen LogP contribution in [0.5, 0.6) is 0 Å². The van der Waals surface area contributed by atoms with Crippen molar-refractivity contribution in [2.24, 2.45) is 0 Å². The van der Waals surface area contributed by atoms with Crippen LogP contribution in [0.4, 0.5) is 30.7 Å². The molecule has 0 spiro atoms. The maximum atomic E-state index is 14.6. The van der Waals surface area contributed by atoms with Crippen LogP contribution < -0.4 is 5.32 Å². The first kappa shape index (κ1) is 25.0. The Morgan fingerprint density at radius 2 is 1.61 bits per heavy atom. The van der Waals surface area contributed by atoms with Gasteiger partial charge in [-0.3, -0.25) is 4.90 Å². The quantitative estimate of drug-likeness (QED) is 0.447. The Balaban J connectivity index is 0.00000392. The van der Waals surface area contributed by atoms with Gasteiger partial charge in [0.15, 0.2) is 0 Å². The van der Waals surface area contributed by atoms with Crippen LogP contribution >= 0.6 is 12.4 Å². The van der Waals surface area contributed by atoms with E-state index in [1.807, 2.05) is 6.92 Å². The van der Waals surface area contributed by atoms with Gasteiger partial charge in [-0.05, 0) is 18.6 Å². The van der Waals surface area contributed by atoms with Gasteiger partial charge in [-0.25, -0.2) is 4.39 Å². The summed E-state index contributed by atoms with van der Waals surface area (Å²) in [4.78, 5) is 1.73. The second kappa shape index (κ2) is 10.1. The lowest BCUT2D eigenvalue weighted by Crippen LogP contribution is -2.45. The zero-order chi connectivity index (χ0) is 20.2. The molecule has 1 atom stereocenters. The number of hydrogen-bond donors (Lipinski definition) is 1. The van der Waals surface area contributed by atoms with Gasteiger partial charge in [-0.1, -0.05) is 26.2 Å². The molecule has 0 aliphatic carbocycles. The van der Waals surface area contributed by atoms with Crippen molar-refractivity contribution in [2.45, 2.75) is 51.0 Å². The molecule has 1 fully saturated rings. The third-order valence-corrected chi connectivity index (χ3v) is 4.77. The molecule has 0 unspecified atom stereocenters. The van der Waals surface area contributed by atoms with E-state index in [1.165, 1.54) is 0 Å². The molecule has 1 aliphatic heterocycles. The second-order valence-electron chi connectivity index (χ2n) is 6.71. The van der Waals surface area contributed by atoms with Gasteiger partial charge in [0.2, 0.25) is 0 Å². The average Bonchev–Trinajstić information content (AvgIpc) is 2.58. The molecule has 1 N–H and O–H groups in total. The van der Waals surface area contributed by atoms with Crippen molar-refractivity contribution in [3.63, 3.8) is 0 Å². The topological polar surface area (TPSA) is 15.3 Å². The number of nitrogens with one attached hydrogen (secondary N) is 1. The summed E-state index contributed by atoms with van der Waals surface area (Å²) in [5.41, 5.74) is -3.83. The monoisotopic (exact) mass is 436 g/mol. The average molecular weight is 437 g/mol. The summed E-state index contributed by atoms with van der Waals surface area (Å²) in [6.07, 6.45) is -7.70. The Kier molecular flexibility index (Phi) is 9.02. The SMILES string of the molecule is CCCCC[C@H](c1c(F)cc(C(F)(F)F)cc1C(F)(F)F)N1CCNCC1.Cl. The molecule has 0 amide bonds. The van der Waals surface area contributed by atoms with E-state index in [1.54, 1.807) is 4.90 Å². The third-order valence-electron chi connectivity index (χ3n) is 4.77. The first-order valence-electron chi connectivity index (χ1n) is 8.98. The Morgan fingerprint density at radius 1 is 1.00 bits per heavy atom. The van der Waals surface area contributed by atoms with Crippen LogP contribution in [0.25, 0.3) is 0 Å². The molecule has 1 saturated heterocycles. The highest BCUT2D eigenvalue weighted by molar-refractivity contribution is 5.85. The van der Waals surface area contributed by atoms with Gasteiger partial charge in [0.25, 0.3) is 0 Å². The molecular formula is C18H24ClF7N2. The lowest BCUT2D eigenvalue weighted by atomic mass is 9.91. The number of halogens is 8. The van der Waals surface area contributed by atoms with E-state index in [9.17, 15) is 30.7 Å². The van der Waals surface area contributed by atoms with Gasteiger partial charge in [-0.15, -0.1) is 12.4 Å². The van der Waals surface area contributed by atoms with Crippen molar-refractivity contribution in [1.82, 2.24) is 10.2 Å². The lowest BCUT2D eigenvalue weighted by molar-refractivity contribution is -0.144. The zero-order valence-corrected chi connectivity index (χ0v) is 16.2. The molecule has 1 aromatic carbocycles. The normalized spacial score (nSPS) is 17.3. The van der Waals surface area contributed by atoms with Gasteiger partial charge < -0.3 is 5.32 Å². The number of unbranched alkanes of at least 4 members (excludes halogenated alkanes) is 2. The number of nitrogens with zero attached hydrogens (tertiary/aromatic N) is 1. The predicted octanol–water partition coefficient (Wildman–Crippen LogP) is 5.81. The Labute approximate surface area is 165 Å². The van der Waals surface area contributed by atoms with Crippen molar-refractivity contribution in [3.05, 3.63) is 34.6 Å². The maximum absolute atomic E-state index is 14.6. The van der Waals surface area contributed by atoms with Gasteiger partial charge in [-0.2, -0.15) is 26.3 Å². The first-order valence-corrected chi connectivity index (χ1v) is 8.98. The second-order valence-corrected chi connectivity index (χ2v) is 6.71. The summed E-state index contributed by atoms with van der Waals surface area (Å²) in [6.45, 7) is 3.82. The Hall–Kier alpha value is -1.06. The fourth-order valence-electron chi connectivity index (χ4n) is 3.45. The molecule has 1 heterocycles. The van der Waals surface area contributed by atoms with E-state index in [0.717, 1.165) is 12.8 Å². The van der Waals surface area contributed by atoms with Crippen LogP contribution in [0.1, 0.15) is 55.3 Å². The van der Waals surface area contributed by atoms with Crippen molar-refractivity contribution >= 4 is 12.4 Å². The summed E-state index contributed by atoms with van der Waals surface area (Å²) in [5, 5.41) is 3.07. The molecule has 28 heavy (non-hydrogen) atoms. The molecule has 162 valence electrons. The highest BCUT2D eigenvalue weighted by atomic mass is 35.5. The molecule has 1 aliphatic rings. The minimum atomic E-state index is -5.07. The third kappa shape index (κ3) is 6.22. The number of benzene rings is 1. The molecule has 0 bridgehead atoms. The van der Waals surface area contributed by atoms with Crippen LogP contribution in [0.3, 0.4) is 0 Å². The Bertz CT molecular complexity index is 626. The minimum Gasteiger partial charge on any atom is -0.314 e. The van der Waals surface area contributed by atoms with Crippen LogP contribution in [0, 0.1) is 5.82 Å². The predicted molar refractivity (Wildman–Crippen MR) is 95.0 cm³/mol. The van der Waals surface area contributed by atoms with Crippen molar-refractivity contribution in [3.8, 4) is 0 Å². The molecule has 2 rings (SSSR count). The highest BCUT2D eigenvalue weighted by Gasteiger charge is 2.42. The lowest BCUT2D eigenvalue weighted by Gasteiger charge is -2.36. The van der Waals surface area contributed by atoms with E-state index in [4.69, 9.17) is 0 Å². The zero-order valence-electron chi connectivity index (χ0n) is 15.4. The van der Waals surface area contributed by atoms with Crippen molar-refractivity contribution < 1.29 is 30.7 Å². The largest absolute Gasteiger partial charge is 0.416 e. The van der Waals surface area contributed by atoms with E-state index < -0.39 is 40.9 Å². The van der Waals surface area contributed by atoms with E-state index in [-0.39, 0.29) is 31.0 Å². The fourth-order valence-corrected chi connectivity index (χ4v) is 3.45. The van der Waals surface area contributed by atoms with E-state index in [2.05, 4.69) is 5.32 Å².